The molecule has 0 aromatic heterocycles. The summed E-state index contributed by atoms with van der Waals surface area (Å²) in [4.78, 5) is 43.6. The third-order valence-electron chi connectivity index (χ3n) is 7.03. The summed E-state index contributed by atoms with van der Waals surface area (Å²) in [6.45, 7) is 0.0796. The van der Waals surface area contributed by atoms with Crippen LogP contribution in [0.5, 0.6) is 0 Å². The van der Waals surface area contributed by atoms with Crippen LogP contribution in [0.15, 0.2) is 83.2 Å². The third-order valence-corrected chi connectivity index (χ3v) is 8.81. The van der Waals surface area contributed by atoms with Gasteiger partial charge in [0, 0.05) is 47.2 Å². The number of guanidine groups is 1. The van der Waals surface area contributed by atoms with Gasteiger partial charge in [-0.05, 0) is 72.2 Å². The van der Waals surface area contributed by atoms with Gasteiger partial charge in [0.15, 0.2) is 5.96 Å². The summed E-state index contributed by atoms with van der Waals surface area (Å²) in [6, 6.07) is 19.3. The van der Waals surface area contributed by atoms with Crippen LogP contribution in [0.2, 0.25) is 5.02 Å². The molecule has 0 spiro atoms. The Morgan fingerprint density at radius 1 is 1.07 bits per heavy atom. The van der Waals surface area contributed by atoms with Crippen LogP contribution in [0, 0.1) is 0 Å². The summed E-state index contributed by atoms with van der Waals surface area (Å²) in [5.41, 5.74) is 13.3. The number of esters is 1. The van der Waals surface area contributed by atoms with E-state index in [1.165, 1.54) is 17.5 Å². The van der Waals surface area contributed by atoms with E-state index in [1.54, 1.807) is 77.7 Å². The highest BCUT2D eigenvalue weighted by Crippen LogP contribution is 2.25. The molecule has 3 aromatic rings. The molecule has 0 saturated carbocycles. The fourth-order valence-corrected chi connectivity index (χ4v) is 6.08. The first kappa shape index (κ1) is 33.2. The minimum absolute atomic E-state index is 0.0738. The number of ether oxygens (including phenoxy) is 1. The zero-order valence-electron chi connectivity index (χ0n) is 24.4. The van der Waals surface area contributed by atoms with E-state index < -0.39 is 27.9 Å². The minimum Gasteiger partial charge on any atom is -0.468 e. The predicted octanol–water partition coefficient (Wildman–Crippen LogP) is 2.87. The quantitative estimate of drug-likeness (QED) is 0.161. The van der Waals surface area contributed by atoms with Crippen LogP contribution in [0.3, 0.4) is 0 Å². The number of carbonyl (C=O) groups is 3. The SMILES string of the molecule is COC(=O)CNC(=O)c1cccc(CN(C(=O)c2ccc(N=C(N)N)cc2)C2CCN(S(=O)(=O)/C=C/c3ccc(Cl)cc3)C2)c1. The Morgan fingerprint density at radius 2 is 1.78 bits per heavy atom. The lowest BCUT2D eigenvalue weighted by Crippen LogP contribution is -2.42. The maximum absolute atomic E-state index is 13.9. The van der Waals surface area contributed by atoms with Crippen molar-refractivity contribution in [2.45, 2.75) is 19.0 Å². The number of sulfonamides is 1. The fourth-order valence-electron chi connectivity index (χ4n) is 4.72. The number of benzene rings is 3. The van der Waals surface area contributed by atoms with Crippen LogP contribution in [-0.2, 0) is 26.1 Å². The zero-order valence-corrected chi connectivity index (χ0v) is 26.0. The number of carbonyl (C=O) groups excluding carboxylic acids is 3. The van der Waals surface area contributed by atoms with E-state index in [1.807, 2.05) is 0 Å². The highest BCUT2D eigenvalue weighted by Gasteiger charge is 2.35. The smallest absolute Gasteiger partial charge is 0.325 e. The number of methoxy groups -OCH3 is 1. The van der Waals surface area contributed by atoms with Gasteiger partial charge < -0.3 is 26.4 Å². The number of hydrogen-bond acceptors (Lipinski definition) is 7. The van der Waals surface area contributed by atoms with Crippen molar-refractivity contribution in [3.8, 4) is 0 Å². The van der Waals surface area contributed by atoms with Crippen molar-refractivity contribution in [1.29, 1.82) is 0 Å². The molecule has 3 aromatic carbocycles. The second-order valence-electron chi connectivity index (χ2n) is 10.2. The monoisotopic (exact) mass is 652 g/mol. The molecule has 1 unspecified atom stereocenters. The first-order chi connectivity index (χ1) is 21.4. The molecule has 1 heterocycles. The van der Waals surface area contributed by atoms with Gasteiger partial charge in [-0.25, -0.2) is 13.4 Å². The largest absolute Gasteiger partial charge is 0.468 e. The molecule has 0 bridgehead atoms. The Balaban J connectivity index is 1.57. The standard InChI is InChI=1S/C31H33ClN6O6S/c1-44-28(39)18-35-29(40)24-4-2-3-22(17-24)19-38(30(41)23-7-11-26(12-8-23)36-31(33)34)27-13-15-37(20-27)45(42,43)16-14-21-5-9-25(32)10-6-21/h2-12,14,16-17,27H,13,15,18-20H2,1H3,(H,35,40)(H4,33,34,36)/b16-14+. The Bertz CT molecular complexity index is 1710. The van der Waals surface area contributed by atoms with E-state index in [0.717, 1.165) is 5.41 Å². The van der Waals surface area contributed by atoms with Crippen LogP contribution in [0.25, 0.3) is 6.08 Å². The van der Waals surface area contributed by atoms with Gasteiger partial charge >= 0.3 is 5.97 Å². The van der Waals surface area contributed by atoms with Gasteiger partial charge in [0.2, 0.25) is 10.0 Å². The number of nitrogens with two attached hydrogens (primary N) is 2. The van der Waals surface area contributed by atoms with Crippen LogP contribution >= 0.6 is 11.6 Å². The molecule has 2 amide bonds. The van der Waals surface area contributed by atoms with Gasteiger partial charge in [-0.15, -0.1) is 0 Å². The molecule has 0 radical (unpaired) electrons. The molecule has 0 aliphatic carbocycles. The first-order valence-electron chi connectivity index (χ1n) is 13.8. The molecule has 45 heavy (non-hydrogen) atoms. The molecule has 4 rings (SSSR count). The Hall–Kier alpha value is -4.72. The molecule has 12 nitrogen and oxygen atoms in total. The van der Waals surface area contributed by atoms with Crippen molar-refractivity contribution in [2.75, 3.05) is 26.7 Å². The number of rotatable bonds is 11. The Labute approximate surface area is 266 Å². The predicted molar refractivity (Wildman–Crippen MR) is 172 cm³/mol. The molecule has 1 saturated heterocycles. The van der Waals surface area contributed by atoms with Crippen LogP contribution in [0.1, 0.15) is 38.3 Å². The lowest BCUT2D eigenvalue weighted by molar-refractivity contribution is -0.139. The molecule has 1 aliphatic heterocycles. The van der Waals surface area contributed by atoms with E-state index in [2.05, 4.69) is 15.0 Å². The molecule has 1 aliphatic rings. The average Bonchev–Trinajstić information content (AvgIpc) is 3.53. The topological polar surface area (TPSA) is 177 Å². The minimum atomic E-state index is -3.80. The lowest BCUT2D eigenvalue weighted by Gasteiger charge is -2.29. The van der Waals surface area contributed by atoms with Gasteiger partial charge in [-0.3, -0.25) is 14.4 Å². The van der Waals surface area contributed by atoms with E-state index >= 15 is 0 Å². The van der Waals surface area contributed by atoms with Crippen molar-refractivity contribution >= 4 is 57.1 Å². The average molecular weight is 653 g/mol. The Morgan fingerprint density at radius 3 is 2.44 bits per heavy atom. The van der Waals surface area contributed by atoms with Crippen molar-refractivity contribution in [3.63, 3.8) is 0 Å². The summed E-state index contributed by atoms with van der Waals surface area (Å²) in [7, 11) is -2.57. The number of hydrogen-bond donors (Lipinski definition) is 3. The number of nitrogens with one attached hydrogen (secondary N) is 1. The molecule has 1 atom stereocenters. The third kappa shape index (κ3) is 9.14. The maximum Gasteiger partial charge on any atom is 0.325 e. The molecule has 236 valence electrons. The first-order valence-corrected chi connectivity index (χ1v) is 15.7. The maximum atomic E-state index is 13.9. The van der Waals surface area contributed by atoms with E-state index in [9.17, 15) is 22.8 Å². The number of aliphatic imine (C=N–C) groups is 1. The molecule has 14 heteroatoms. The molecule has 5 N–H and O–H groups in total. The number of nitrogens with zero attached hydrogens (tertiary/aromatic N) is 3. The van der Waals surface area contributed by atoms with Crippen molar-refractivity contribution in [1.82, 2.24) is 14.5 Å². The van der Waals surface area contributed by atoms with Crippen molar-refractivity contribution < 1.29 is 27.5 Å². The van der Waals surface area contributed by atoms with Gasteiger partial charge in [-0.1, -0.05) is 35.9 Å². The van der Waals surface area contributed by atoms with E-state index in [0.29, 0.717) is 33.8 Å². The van der Waals surface area contributed by atoms with E-state index in [-0.39, 0.29) is 43.6 Å². The van der Waals surface area contributed by atoms with Gasteiger partial charge in [-0.2, -0.15) is 4.31 Å². The summed E-state index contributed by atoms with van der Waals surface area (Å²) in [5, 5.41) is 4.18. The molecular weight excluding hydrogens is 620 g/mol. The number of halogens is 1. The second-order valence-corrected chi connectivity index (χ2v) is 12.4. The summed E-state index contributed by atoms with van der Waals surface area (Å²) >= 11 is 5.93. The lowest BCUT2D eigenvalue weighted by atomic mass is 10.1. The van der Waals surface area contributed by atoms with E-state index in [4.69, 9.17) is 23.1 Å². The highest BCUT2D eigenvalue weighted by molar-refractivity contribution is 7.92. The number of amides is 2. The summed E-state index contributed by atoms with van der Waals surface area (Å²) in [6.07, 6.45) is 1.89. The van der Waals surface area contributed by atoms with Gasteiger partial charge in [0.25, 0.3) is 11.8 Å². The molecule has 1 fully saturated rings. The molecular formula is C31H33ClN6O6S. The van der Waals surface area contributed by atoms with Crippen LogP contribution in [0.4, 0.5) is 5.69 Å². The second kappa shape index (κ2) is 14.8. The van der Waals surface area contributed by atoms with Crippen molar-refractivity contribution in [2.24, 2.45) is 16.5 Å². The Kier molecular flexibility index (Phi) is 10.9. The zero-order chi connectivity index (χ0) is 32.6. The van der Waals surface area contributed by atoms with Gasteiger partial charge in [0.05, 0.1) is 12.8 Å². The van der Waals surface area contributed by atoms with Crippen LogP contribution in [-0.4, -0.2) is 74.2 Å². The van der Waals surface area contributed by atoms with Gasteiger partial charge in [0.1, 0.15) is 6.54 Å². The normalized spacial score (nSPS) is 15.0. The van der Waals surface area contributed by atoms with Crippen molar-refractivity contribution in [3.05, 3.63) is 105 Å². The summed E-state index contributed by atoms with van der Waals surface area (Å²) < 4.78 is 32.3. The fraction of sp³-hybridized carbons (Fsp3) is 0.226. The highest BCUT2D eigenvalue weighted by atomic mass is 35.5. The van der Waals surface area contributed by atoms with Crippen LogP contribution < -0.4 is 16.8 Å². The summed E-state index contributed by atoms with van der Waals surface area (Å²) in [5.74, 6) is -1.54.